The highest BCUT2D eigenvalue weighted by atomic mass is 32.2. The topological polar surface area (TPSA) is 20.2 Å². The molecule has 0 saturated carbocycles. The lowest BCUT2D eigenvalue weighted by Crippen LogP contribution is -1.86. The van der Waals surface area contributed by atoms with E-state index in [0.29, 0.717) is 0 Å². The van der Waals surface area contributed by atoms with Crippen molar-refractivity contribution in [3.05, 3.63) is 35.9 Å². The predicted octanol–water partition coefficient (Wildman–Crippen LogP) is 2.15. The lowest BCUT2D eigenvalue weighted by atomic mass is 10.2. The standard InChI is InChI=1S/C12H14OS/c13-9-5-11-14-10-4-8-12-6-2-1-3-7-12/h1-3,6-7,13H,5,9-11H2. The van der Waals surface area contributed by atoms with E-state index in [9.17, 15) is 0 Å². The molecule has 1 nitrogen and oxygen atoms in total. The molecule has 0 saturated heterocycles. The number of aliphatic hydroxyl groups excluding tert-OH is 1. The fraction of sp³-hybridized carbons (Fsp3) is 0.333. The van der Waals surface area contributed by atoms with Gasteiger partial charge in [-0.15, -0.1) is 11.8 Å². The second-order valence-corrected chi connectivity index (χ2v) is 3.90. The Morgan fingerprint density at radius 1 is 1.21 bits per heavy atom. The summed E-state index contributed by atoms with van der Waals surface area (Å²) >= 11 is 1.76. The van der Waals surface area contributed by atoms with E-state index in [-0.39, 0.29) is 6.61 Å². The van der Waals surface area contributed by atoms with Crippen molar-refractivity contribution < 1.29 is 5.11 Å². The number of thioether (sulfide) groups is 1. The number of hydrogen-bond acceptors (Lipinski definition) is 2. The molecule has 0 spiro atoms. The Morgan fingerprint density at radius 3 is 2.71 bits per heavy atom. The zero-order chi connectivity index (χ0) is 10.1. The normalized spacial score (nSPS) is 9.21. The van der Waals surface area contributed by atoms with E-state index in [1.54, 1.807) is 11.8 Å². The van der Waals surface area contributed by atoms with Gasteiger partial charge in [-0.3, -0.25) is 0 Å². The van der Waals surface area contributed by atoms with Gasteiger partial charge in [0, 0.05) is 12.2 Å². The fourth-order valence-electron chi connectivity index (χ4n) is 0.949. The quantitative estimate of drug-likeness (QED) is 0.601. The van der Waals surface area contributed by atoms with Crippen LogP contribution in [-0.2, 0) is 0 Å². The van der Waals surface area contributed by atoms with Crippen LogP contribution in [0.4, 0.5) is 0 Å². The maximum Gasteiger partial charge on any atom is 0.0551 e. The van der Waals surface area contributed by atoms with Crippen LogP contribution in [0, 0.1) is 11.8 Å². The highest BCUT2D eigenvalue weighted by Crippen LogP contribution is 2.00. The smallest absolute Gasteiger partial charge is 0.0551 e. The monoisotopic (exact) mass is 206 g/mol. The van der Waals surface area contributed by atoms with Gasteiger partial charge in [-0.1, -0.05) is 30.0 Å². The van der Waals surface area contributed by atoms with E-state index in [0.717, 1.165) is 23.5 Å². The minimum absolute atomic E-state index is 0.277. The summed E-state index contributed by atoms with van der Waals surface area (Å²) in [7, 11) is 0. The van der Waals surface area contributed by atoms with E-state index in [4.69, 9.17) is 5.11 Å². The maximum absolute atomic E-state index is 8.55. The summed E-state index contributed by atoms with van der Waals surface area (Å²) in [5.74, 6) is 8.01. The van der Waals surface area contributed by atoms with Gasteiger partial charge in [0.15, 0.2) is 0 Å². The first-order valence-electron chi connectivity index (χ1n) is 4.66. The molecule has 1 aromatic rings. The van der Waals surface area contributed by atoms with Crippen molar-refractivity contribution in [2.24, 2.45) is 0 Å². The third-order valence-corrected chi connectivity index (χ3v) is 2.55. The molecular weight excluding hydrogens is 192 g/mol. The Bertz CT molecular complexity index is 297. The molecule has 0 aliphatic heterocycles. The minimum atomic E-state index is 0.277. The Hall–Kier alpha value is -0.910. The minimum Gasteiger partial charge on any atom is -0.396 e. The molecule has 0 amide bonds. The molecule has 1 N–H and O–H groups in total. The average Bonchev–Trinajstić information content (AvgIpc) is 2.25. The molecule has 1 rings (SSSR count). The van der Waals surface area contributed by atoms with Gasteiger partial charge in [0.25, 0.3) is 0 Å². The summed E-state index contributed by atoms with van der Waals surface area (Å²) in [4.78, 5) is 0. The largest absolute Gasteiger partial charge is 0.396 e. The van der Waals surface area contributed by atoms with Crippen LogP contribution in [0.2, 0.25) is 0 Å². The molecule has 0 atom stereocenters. The zero-order valence-electron chi connectivity index (χ0n) is 8.07. The summed E-state index contributed by atoms with van der Waals surface area (Å²) < 4.78 is 0. The van der Waals surface area contributed by atoms with Crippen LogP contribution in [0.3, 0.4) is 0 Å². The predicted molar refractivity (Wildman–Crippen MR) is 62.3 cm³/mol. The Morgan fingerprint density at radius 2 is 2.00 bits per heavy atom. The second-order valence-electron chi connectivity index (χ2n) is 2.80. The van der Waals surface area contributed by atoms with E-state index >= 15 is 0 Å². The fourth-order valence-corrected chi connectivity index (χ4v) is 1.60. The maximum atomic E-state index is 8.55. The SMILES string of the molecule is OCCCSCC#Cc1ccccc1. The van der Waals surface area contributed by atoms with Crippen LogP contribution in [0.1, 0.15) is 12.0 Å². The molecule has 2 heteroatoms. The molecule has 0 fully saturated rings. The van der Waals surface area contributed by atoms with Crippen molar-refractivity contribution in [2.45, 2.75) is 6.42 Å². The van der Waals surface area contributed by atoms with Gasteiger partial charge in [-0.2, -0.15) is 0 Å². The summed E-state index contributed by atoms with van der Waals surface area (Å²) in [5, 5.41) is 8.55. The van der Waals surface area contributed by atoms with E-state index in [1.165, 1.54) is 0 Å². The van der Waals surface area contributed by atoms with Gasteiger partial charge in [-0.25, -0.2) is 0 Å². The molecule has 0 bridgehead atoms. The highest BCUT2D eigenvalue weighted by molar-refractivity contribution is 7.99. The average molecular weight is 206 g/mol. The van der Waals surface area contributed by atoms with Crippen LogP contribution < -0.4 is 0 Å². The van der Waals surface area contributed by atoms with Crippen molar-refractivity contribution in [1.29, 1.82) is 0 Å². The van der Waals surface area contributed by atoms with Crippen LogP contribution >= 0.6 is 11.8 Å². The summed E-state index contributed by atoms with van der Waals surface area (Å²) in [6.45, 7) is 0.277. The Kier molecular flexibility index (Phi) is 5.97. The van der Waals surface area contributed by atoms with Gasteiger partial charge in [0.1, 0.15) is 0 Å². The number of rotatable bonds is 4. The van der Waals surface area contributed by atoms with E-state index in [2.05, 4.69) is 11.8 Å². The van der Waals surface area contributed by atoms with Gasteiger partial charge < -0.3 is 5.11 Å². The van der Waals surface area contributed by atoms with Gasteiger partial charge in [-0.05, 0) is 24.3 Å². The number of aliphatic hydroxyl groups is 1. The molecule has 0 unspecified atom stereocenters. The summed E-state index contributed by atoms with van der Waals surface area (Å²) in [5.41, 5.74) is 1.07. The van der Waals surface area contributed by atoms with Crippen molar-refractivity contribution in [3.8, 4) is 11.8 Å². The first kappa shape index (κ1) is 11.2. The van der Waals surface area contributed by atoms with Crippen LogP contribution in [0.5, 0.6) is 0 Å². The third kappa shape index (κ3) is 4.96. The number of benzene rings is 1. The lowest BCUT2D eigenvalue weighted by molar-refractivity contribution is 0.296. The second kappa shape index (κ2) is 7.49. The van der Waals surface area contributed by atoms with Gasteiger partial charge >= 0.3 is 0 Å². The molecule has 74 valence electrons. The van der Waals surface area contributed by atoms with Crippen molar-refractivity contribution in [2.75, 3.05) is 18.1 Å². The van der Waals surface area contributed by atoms with Gasteiger partial charge in [0.05, 0.1) is 5.75 Å². The molecular formula is C12H14OS. The van der Waals surface area contributed by atoms with E-state index < -0.39 is 0 Å². The Balaban J connectivity index is 2.21. The van der Waals surface area contributed by atoms with Crippen LogP contribution in [0.15, 0.2) is 30.3 Å². The van der Waals surface area contributed by atoms with Crippen molar-refractivity contribution in [3.63, 3.8) is 0 Å². The molecule has 0 aliphatic rings. The zero-order valence-corrected chi connectivity index (χ0v) is 8.89. The molecule has 0 aromatic heterocycles. The molecule has 0 heterocycles. The summed E-state index contributed by atoms with van der Waals surface area (Å²) in [6, 6.07) is 9.98. The summed E-state index contributed by atoms with van der Waals surface area (Å²) in [6.07, 6.45) is 0.859. The van der Waals surface area contributed by atoms with Crippen molar-refractivity contribution >= 4 is 11.8 Å². The molecule has 0 aliphatic carbocycles. The first-order chi connectivity index (χ1) is 6.93. The Labute approximate surface area is 89.5 Å². The highest BCUT2D eigenvalue weighted by Gasteiger charge is 1.85. The molecule has 1 aromatic carbocycles. The van der Waals surface area contributed by atoms with Crippen LogP contribution in [-0.4, -0.2) is 23.2 Å². The lowest BCUT2D eigenvalue weighted by Gasteiger charge is -1.92. The first-order valence-corrected chi connectivity index (χ1v) is 5.81. The third-order valence-electron chi connectivity index (χ3n) is 1.63. The molecule has 14 heavy (non-hydrogen) atoms. The van der Waals surface area contributed by atoms with E-state index in [1.807, 2.05) is 30.3 Å². The molecule has 0 radical (unpaired) electrons. The number of hydrogen-bond donors (Lipinski definition) is 1. The van der Waals surface area contributed by atoms with Crippen molar-refractivity contribution in [1.82, 2.24) is 0 Å². The van der Waals surface area contributed by atoms with Gasteiger partial charge in [0.2, 0.25) is 0 Å². The van der Waals surface area contributed by atoms with Crippen LogP contribution in [0.25, 0.3) is 0 Å².